The standard InChI is InChI=1S/C31H44ClN7O2/c1-30(2)20-16-22(28(40)33-4)31(3,26(30)17-20)37-27-23(32)19-34-29(36-27)35-21-8-9-24-25(18-21)41-15-14-39(24)13-12-38-10-6-5-7-11-38/h8-9,18-20,22,26H,5-7,10-17H2,1-4H3,(H,33,40)(H2,34,35,36,37)/t20-,22+,26+,31-/m0/s1. The molecule has 1 aromatic heterocycles. The first-order valence-electron chi connectivity index (χ1n) is 15.2. The maximum absolute atomic E-state index is 13.0. The quantitative estimate of drug-likeness (QED) is 0.394. The number of likely N-dealkylation sites (tertiary alicyclic amines) is 1. The Bertz CT molecular complexity index is 1280. The Labute approximate surface area is 248 Å². The molecule has 1 aromatic carbocycles. The van der Waals surface area contributed by atoms with Crippen LogP contribution >= 0.6 is 11.6 Å². The Morgan fingerprint density at radius 2 is 1.93 bits per heavy atom. The average Bonchev–Trinajstić information content (AvgIpc) is 2.97. The largest absolute Gasteiger partial charge is 0.489 e. The molecule has 3 aliphatic carbocycles. The molecule has 4 atom stereocenters. The van der Waals surface area contributed by atoms with Crippen LogP contribution in [-0.2, 0) is 4.79 Å². The van der Waals surface area contributed by atoms with Crippen molar-refractivity contribution >= 4 is 40.6 Å². The van der Waals surface area contributed by atoms with Crippen LogP contribution in [0.4, 0.5) is 23.1 Å². The van der Waals surface area contributed by atoms with Crippen LogP contribution in [0.5, 0.6) is 5.75 Å². The van der Waals surface area contributed by atoms with Crippen molar-refractivity contribution in [3.05, 3.63) is 29.4 Å². The van der Waals surface area contributed by atoms with E-state index in [1.165, 1.54) is 32.4 Å². The number of fused-ring (bicyclic) bond motifs is 3. The van der Waals surface area contributed by atoms with Gasteiger partial charge in [0.1, 0.15) is 17.4 Å². The predicted molar refractivity (Wildman–Crippen MR) is 164 cm³/mol. The molecule has 2 aromatic rings. The Morgan fingerprint density at radius 3 is 2.68 bits per heavy atom. The van der Waals surface area contributed by atoms with Crippen molar-refractivity contribution in [1.82, 2.24) is 20.2 Å². The highest BCUT2D eigenvalue weighted by molar-refractivity contribution is 6.32. The third-order valence-corrected chi connectivity index (χ3v) is 10.7. The molecule has 1 amide bonds. The van der Waals surface area contributed by atoms with Crippen molar-refractivity contribution in [2.45, 2.75) is 58.4 Å². The summed E-state index contributed by atoms with van der Waals surface area (Å²) in [5.41, 5.74) is 1.65. The molecule has 0 unspecified atom stereocenters. The minimum atomic E-state index is -0.481. The van der Waals surface area contributed by atoms with Crippen LogP contribution in [0.1, 0.15) is 52.9 Å². The van der Waals surface area contributed by atoms with Gasteiger partial charge in [-0.15, -0.1) is 0 Å². The first kappa shape index (κ1) is 28.3. The molecular weight excluding hydrogens is 538 g/mol. The van der Waals surface area contributed by atoms with Gasteiger partial charge in [0.05, 0.1) is 29.9 Å². The molecule has 10 heteroatoms. The van der Waals surface area contributed by atoms with Gasteiger partial charge in [0, 0.05) is 31.9 Å². The molecule has 3 N–H and O–H groups in total. The maximum Gasteiger partial charge on any atom is 0.229 e. The number of halogens is 1. The second kappa shape index (κ2) is 11.1. The Hall–Kier alpha value is -2.78. The second-order valence-electron chi connectivity index (χ2n) is 13.1. The molecule has 3 saturated carbocycles. The van der Waals surface area contributed by atoms with Crippen molar-refractivity contribution in [2.75, 3.05) is 61.9 Å². The highest BCUT2D eigenvalue weighted by atomic mass is 35.5. The molecular formula is C31H44ClN7O2. The number of hydrogen-bond donors (Lipinski definition) is 3. The van der Waals surface area contributed by atoms with E-state index < -0.39 is 5.54 Å². The molecule has 222 valence electrons. The van der Waals surface area contributed by atoms with E-state index in [9.17, 15) is 4.79 Å². The van der Waals surface area contributed by atoms with Crippen LogP contribution in [0.3, 0.4) is 0 Å². The molecule has 9 nitrogen and oxygen atoms in total. The monoisotopic (exact) mass is 581 g/mol. The minimum Gasteiger partial charge on any atom is -0.489 e. The molecule has 2 aliphatic heterocycles. The van der Waals surface area contributed by atoms with Crippen LogP contribution in [0.15, 0.2) is 24.4 Å². The zero-order chi connectivity index (χ0) is 28.8. The van der Waals surface area contributed by atoms with E-state index in [0.29, 0.717) is 35.2 Å². The molecule has 5 aliphatic rings. The fourth-order valence-corrected chi connectivity index (χ4v) is 8.00. The lowest BCUT2D eigenvalue weighted by Gasteiger charge is -2.66. The molecule has 0 radical (unpaired) electrons. The van der Waals surface area contributed by atoms with Crippen molar-refractivity contribution in [3.63, 3.8) is 0 Å². The van der Waals surface area contributed by atoms with Gasteiger partial charge in [-0.2, -0.15) is 4.98 Å². The zero-order valence-electron chi connectivity index (χ0n) is 24.8. The van der Waals surface area contributed by atoms with E-state index in [1.807, 2.05) is 12.1 Å². The number of anilines is 4. The number of nitrogens with zero attached hydrogens (tertiary/aromatic N) is 4. The average molecular weight is 582 g/mol. The van der Waals surface area contributed by atoms with Gasteiger partial charge in [-0.25, -0.2) is 4.98 Å². The number of carbonyl (C=O) groups is 1. The van der Waals surface area contributed by atoms with Crippen LogP contribution in [0.2, 0.25) is 5.02 Å². The summed E-state index contributed by atoms with van der Waals surface area (Å²) in [4.78, 5) is 27.2. The van der Waals surface area contributed by atoms with Gasteiger partial charge < -0.3 is 30.5 Å². The van der Waals surface area contributed by atoms with Crippen molar-refractivity contribution in [1.29, 1.82) is 0 Å². The first-order chi connectivity index (χ1) is 19.7. The van der Waals surface area contributed by atoms with Crippen LogP contribution in [0.25, 0.3) is 0 Å². The molecule has 0 spiro atoms. The van der Waals surface area contributed by atoms with Gasteiger partial charge in [0.25, 0.3) is 0 Å². The summed E-state index contributed by atoms with van der Waals surface area (Å²) in [7, 11) is 1.71. The summed E-state index contributed by atoms with van der Waals surface area (Å²) in [6, 6.07) is 6.19. The number of amides is 1. The second-order valence-corrected chi connectivity index (χ2v) is 13.5. The van der Waals surface area contributed by atoms with Gasteiger partial charge in [-0.1, -0.05) is 31.9 Å². The molecule has 1 saturated heterocycles. The topological polar surface area (TPSA) is 94.6 Å². The van der Waals surface area contributed by atoms with Crippen molar-refractivity contribution < 1.29 is 9.53 Å². The summed E-state index contributed by atoms with van der Waals surface area (Å²) in [5.74, 6) is 2.63. The fourth-order valence-electron chi connectivity index (χ4n) is 7.87. The number of aromatic nitrogens is 2. The van der Waals surface area contributed by atoms with Gasteiger partial charge in [0.2, 0.25) is 11.9 Å². The van der Waals surface area contributed by atoms with Gasteiger partial charge in [0.15, 0.2) is 5.82 Å². The fraction of sp³-hybridized carbons (Fsp3) is 0.645. The van der Waals surface area contributed by atoms with Gasteiger partial charge in [-0.3, -0.25) is 4.79 Å². The van der Waals surface area contributed by atoms with Crippen LogP contribution in [-0.4, -0.2) is 72.7 Å². The number of rotatable bonds is 8. The normalized spacial score (nSPS) is 28.6. The summed E-state index contributed by atoms with van der Waals surface area (Å²) in [6.07, 6.45) is 7.55. The van der Waals surface area contributed by atoms with E-state index in [4.69, 9.17) is 21.3 Å². The zero-order valence-corrected chi connectivity index (χ0v) is 25.6. The molecule has 4 fully saturated rings. The Kier molecular flexibility index (Phi) is 7.70. The van der Waals surface area contributed by atoms with E-state index >= 15 is 0 Å². The van der Waals surface area contributed by atoms with E-state index in [0.717, 1.165) is 49.6 Å². The van der Waals surface area contributed by atoms with Crippen LogP contribution < -0.4 is 25.6 Å². The lowest BCUT2D eigenvalue weighted by molar-refractivity contribution is -0.155. The van der Waals surface area contributed by atoms with E-state index in [2.05, 4.69) is 57.6 Å². The highest BCUT2D eigenvalue weighted by Crippen LogP contribution is 2.65. The maximum atomic E-state index is 13.0. The Morgan fingerprint density at radius 1 is 1.12 bits per heavy atom. The summed E-state index contributed by atoms with van der Waals surface area (Å²) < 4.78 is 6.05. The van der Waals surface area contributed by atoms with Gasteiger partial charge >= 0.3 is 0 Å². The summed E-state index contributed by atoms with van der Waals surface area (Å²) in [6.45, 7) is 12.9. The van der Waals surface area contributed by atoms with E-state index in [-0.39, 0.29) is 17.2 Å². The SMILES string of the molecule is CNC(=O)[C@H]1C[C@H]2C[C@H](C2(C)C)[C@@]1(C)Nc1nc(Nc2ccc3c(c2)OCCN3CCN2CCCCC2)ncc1Cl. The molecule has 41 heavy (non-hydrogen) atoms. The number of piperidine rings is 1. The number of benzene rings is 1. The number of nitrogens with one attached hydrogen (secondary N) is 3. The molecule has 2 bridgehead atoms. The van der Waals surface area contributed by atoms with Crippen LogP contribution in [0, 0.1) is 23.2 Å². The summed E-state index contributed by atoms with van der Waals surface area (Å²) >= 11 is 6.63. The molecule has 3 heterocycles. The minimum absolute atomic E-state index is 0.0627. The third kappa shape index (κ3) is 5.31. The predicted octanol–water partition coefficient (Wildman–Crippen LogP) is 5.16. The highest BCUT2D eigenvalue weighted by Gasteiger charge is 2.64. The molecule has 7 rings (SSSR count). The number of carbonyl (C=O) groups excluding carboxylic acids is 1. The van der Waals surface area contributed by atoms with Crippen molar-refractivity contribution in [3.8, 4) is 5.75 Å². The summed E-state index contributed by atoms with van der Waals surface area (Å²) in [5, 5.41) is 10.3. The lowest BCUT2D eigenvalue weighted by Crippen LogP contribution is -2.69. The van der Waals surface area contributed by atoms with Gasteiger partial charge in [-0.05, 0) is 75.1 Å². The number of ether oxygens (including phenoxy) is 1. The Balaban J connectivity index is 1.18. The number of hydrogen-bond acceptors (Lipinski definition) is 8. The van der Waals surface area contributed by atoms with Crippen molar-refractivity contribution in [2.24, 2.45) is 23.2 Å². The third-order valence-electron chi connectivity index (χ3n) is 10.4. The lowest BCUT2D eigenvalue weighted by atomic mass is 9.40. The smallest absolute Gasteiger partial charge is 0.229 e. The first-order valence-corrected chi connectivity index (χ1v) is 15.6. The van der Waals surface area contributed by atoms with E-state index in [1.54, 1.807) is 13.2 Å².